The Bertz CT molecular complexity index is 522. The van der Waals surface area contributed by atoms with Gasteiger partial charge in [-0.05, 0) is 31.9 Å². The van der Waals surface area contributed by atoms with Gasteiger partial charge in [-0.25, -0.2) is 13.4 Å². The number of anilines is 1. The second-order valence-electron chi connectivity index (χ2n) is 4.73. The van der Waals surface area contributed by atoms with Gasteiger partial charge in [-0.15, -0.1) is 0 Å². The Morgan fingerprint density at radius 3 is 2.61 bits per heavy atom. The van der Waals surface area contributed by atoms with E-state index in [-0.39, 0.29) is 16.8 Å². The first-order valence-corrected chi connectivity index (χ1v) is 7.72. The molecular formula is C12H18N2O3S. The first-order valence-electron chi connectivity index (χ1n) is 6.17. The van der Waals surface area contributed by atoms with Crippen molar-refractivity contribution in [3.05, 3.63) is 17.8 Å². The van der Waals surface area contributed by atoms with Gasteiger partial charge in [0.25, 0.3) is 0 Å². The van der Waals surface area contributed by atoms with E-state index >= 15 is 0 Å². The fraction of sp³-hybridized carbons (Fsp3) is 0.583. The Morgan fingerprint density at radius 1 is 1.28 bits per heavy atom. The number of sulfonamides is 1. The van der Waals surface area contributed by atoms with Crippen LogP contribution in [0.5, 0.6) is 5.75 Å². The van der Waals surface area contributed by atoms with Crippen LogP contribution in [0.2, 0.25) is 0 Å². The summed E-state index contributed by atoms with van der Waals surface area (Å²) in [5, 5.41) is 9.24. The molecule has 1 aromatic heterocycles. The van der Waals surface area contributed by atoms with Gasteiger partial charge in [0.2, 0.25) is 10.0 Å². The summed E-state index contributed by atoms with van der Waals surface area (Å²) >= 11 is 0. The highest BCUT2D eigenvalue weighted by molar-refractivity contribution is 7.93. The Hall–Kier alpha value is -1.30. The molecule has 18 heavy (non-hydrogen) atoms. The lowest BCUT2D eigenvalue weighted by Gasteiger charge is -2.22. The summed E-state index contributed by atoms with van der Waals surface area (Å²) in [6.07, 6.45) is 4.35. The minimum atomic E-state index is -3.45. The van der Waals surface area contributed by atoms with Crippen LogP contribution < -0.4 is 4.72 Å². The molecule has 0 amide bonds. The van der Waals surface area contributed by atoms with Gasteiger partial charge in [0.15, 0.2) is 11.6 Å². The molecule has 2 rings (SSSR count). The third kappa shape index (κ3) is 2.93. The predicted molar refractivity (Wildman–Crippen MR) is 70.1 cm³/mol. The summed E-state index contributed by atoms with van der Waals surface area (Å²) in [4.78, 5) is 4.01. The van der Waals surface area contributed by atoms with Crippen LogP contribution in [0, 0.1) is 6.92 Å². The fourth-order valence-electron chi connectivity index (χ4n) is 2.22. The summed E-state index contributed by atoms with van der Waals surface area (Å²) in [5.74, 6) is -0.111. The lowest BCUT2D eigenvalue weighted by Crippen LogP contribution is -2.30. The second kappa shape index (κ2) is 5.14. The third-order valence-corrected chi connectivity index (χ3v) is 5.07. The van der Waals surface area contributed by atoms with Gasteiger partial charge in [0.05, 0.1) is 5.25 Å². The number of rotatable bonds is 3. The van der Waals surface area contributed by atoms with Crippen LogP contribution in [0.25, 0.3) is 0 Å². The molecule has 1 aromatic rings. The quantitative estimate of drug-likeness (QED) is 0.882. The molecule has 0 unspecified atom stereocenters. The molecule has 0 atom stereocenters. The van der Waals surface area contributed by atoms with E-state index in [1.165, 1.54) is 6.07 Å². The van der Waals surface area contributed by atoms with Crippen LogP contribution in [0.15, 0.2) is 12.1 Å². The number of aromatic hydroxyl groups is 1. The highest BCUT2D eigenvalue weighted by atomic mass is 32.2. The van der Waals surface area contributed by atoms with Crippen LogP contribution in [0.4, 0.5) is 5.82 Å². The van der Waals surface area contributed by atoms with E-state index in [9.17, 15) is 13.5 Å². The number of nitrogens with one attached hydrogen (secondary N) is 1. The van der Waals surface area contributed by atoms with Crippen molar-refractivity contribution in [1.29, 1.82) is 0 Å². The molecule has 0 radical (unpaired) electrons. The zero-order chi connectivity index (χ0) is 13.2. The van der Waals surface area contributed by atoms with Crippen LogP contribution >= 0.6 is 0 Å². The van der Waals surface area contributed by atoms with E-state index in [1.807, 2.05) is 0 Å². The zero-order valence-corrected chi connectivity index (χ0v) is 11.2. The van der Waals surface area contributed by atoms with Gasteiger partial charge in [-0.1, -0.05) is 19.3 Å². The Labute approximate surface area is 107 Å². The van der Waals surface area contributed by atoms with Crippen molar-refractivity contribution < 1.29 is 13.5 Å². The number of hydrogen-bond acceptors (Lipinski definition) is 4. The van der Waals surface area contributed by atoms with Crippen molar-refractivity contribution in [2.75, 3.05) is 4.72 Å². The largest absolute Gasteiger partial charge is 0.504 e. The number of nitrogens with zero attached hydrogens (tertiary/aromatic N) is 1. The molecule has 1 aliphatic carbocycles. The minimum absolute atomic E-state index is 0.0283. The molecule has 0 spiro atoms. The number of aryl methyl sites for hydroxylation is 1. The van der Waals surface area contributed by atoms with E-state index in [0.29, 0.717) is 18.5 Å². The van der Waals surface area contributed by atoms with Crippen molar-refractivity contribution in [2.45, 2.75) is 44.3 Å². The monoisotopic (exact) mass is 270 g/mol. The molecule has 1 saturated carbocycles. The van der Waals surface area contributed by atoms with E-state index in [1.54, 1.807) is 13.0 Å². The Balaban J connectivity index is 2.18. The maximum absolute atomic E-state index is 12.2. The highest BCUT2D eigenvalue weighted by Gasteiger charge is 2.28. The number of aromatic nitrogens is 1. The van der Waals surface area contributed by atoms with Crippen LogP contribution in [-0.4, -0.2) is 23.8 Å². The lowest BCUT2D eigenvalue weighted by atomic mass is 10.0. The number of pyridine rings is 1. The molecule has 0 aromatic carbocycles. The molecule has 5 nitrogen and oxygen atoms in total. The maximum Gasteiger partial charge on any atom is 0.236 e. The molecule has 0 aliphatic heterocycles. The first-order chi connectivity index (χ1) is 8.49. The summed E-state index contributed by atoms with van der Waals surface area (Å²) < 4.78 is 26.7. The van der Waals surface area contributed by atoms with Gasteiger partial charge >= 0.3 is 0 Å². The fourth-order valence-corrected chi connectivity index (χ4v) is 3.76. The maximum atomic E-state index is 12.2. The normalized spacial score (nSPS) is 17.6. The Kier molecular flexibility index (Phi) is 3.75. The average molecular weight is 270 g/mol. The van der Waals surface area contributed by atoms with Crippen LogP contribution in [0.1, 0.15) is 37.8 Å². The van der Waals surface area contributed by atoms with Gasteiger partial charge in [0, 0.05) is 5.69 Å². The lowest BCUT2D eigenvalue weighted by molar-refractivity contribution is 0.473. The predicted octanol–water partition coefficient (Wildman–Crippen LogP) is 2.17. The van der Waals surface area contributed by atoms with Gasteiger partial charge in [-0.2, -0.15) is 0 Å². The van der Waals surface area contributed by atoms with E-state index in [4.69, 9.17) is 0 Å². The summed E-state index contributed by atoms with van der Waals surface area (Å²) in [6.45, 7) is 1.75. The topological polar surface area (TPSA) is 79.3 Å². The molecule has 1 fully saturated rings. The minimum Gasteiger partial charge on any atom is -0.504 e. The molecule has 0 saturated heterocycles. The second-order valence-corrected chi connectivity index (χ2v) is 6.69. The van der Waals surface area contributed by atoms with E-state index in [2.05, 4.69) is 9.71 Å². The van der Waals surface area contributed by atoms with Crippen molar-refractivity contribution in [2.24, 2.45) is 0 Å². The van der Waals surface area contributed by atoms with Crippen molar-refractivity contribution in [3.63, 3.8) is 0 Å². The smallest absolute Gasteiger partial charge is 0.236 e. The van der Waals surface area contributed by atoms with Crippen LogP contribution in [-0.2, 0) is 10.0 Å². The average Bonchev–Trinajstić information content (AvgIpc) is 2.35. The van der Waals surface area contributed by atoms with Crippen LogP contribution in [0.3, 0.4) is 0 Å². The molecule has 0 bridgehead atoms. The SMILES string of the molecule is Cc1ccc(O)c(NS(=O)(=O)C2CCCCC2)n1. The first kappa shape index (κ1) is 13.1. The standard InChI is InChI=1S/C12H18N2O3S/c1-9-7-8-11(15)12(13-9)14-18(16,17)10-5-3-2-4-6-10/h7-8,10,15H,2-6H2,1H3,(H,13,14). The summed E-state index contributed by atoms with van der Waals surface area (Å²) in [6, 6.07) is 3.08. The summed E-state index contributed by atoms with van der Waals surface area (Å²) in [5.41, 5.74) is 0.661. The van der Waals surface area contributed by atoms with Crippen molar-refractivity contribution >= 4 is 15.8 Å². The molecule has 6 heteroatoms. The highest BCUT2D eigenvalue weighted by Crippen LogP contribution is 2.27. The van der Waals surface area contributed by atoms with E-state index in [0.717, 1.165) is 19.3 Å². The molecule has 2 N–H and O–H groups in total. The molecule has 100 valence electrons. The Morgan fingerprint density at radius 2 is 1.94 bits per heavy atom. The van der Waals surface area contributed by atoms with E-state index < -0.39 is 10.0 Å². The molecule has 1 heterocycles. The van der Waals surface area contributed by atoms with Crippen molar-refractivity contribution in [3.8, 4) is 5.75 Å². The van der Waals surface area contributed by atoms with Gasteiger partial charge in [-0.3, -0.25) is 4.72 Å². The third-order valence-electron chi connectivity index (χ3n) is 3.24. The molecule has 1 aliphatic rings. The zero-order valence-electron chi connectivity index (χ0n) is 10.4. The van der Waals surface area contributed by atoms with Crippen molar-refractivity contribution in [1.82, 2.24) is 4.98 Å². The summed E-state index contributed by atoms with van der Waals surface area (Å²) in [7, 11) is -3.45. The van der Waals surface area contributed by atoms with Gasteiger partial charge in [0.1, 0.15) is 0 Å². The molecular weight excluding hydrogens is 252 g/mol. The van der Waals surface area contributed by atoms with Gasteiger partial charge < -0.3 is 5.11 Å². The number of hydrogen-bond donors (Lipinski definition) is 2.